The molecule has 0 saturated heterocycles. The van der Waals surface area contributed by atoms with Crippen molar-refractivity contribution in [2.24, 2.45) is 0 Å². The molecule has 0 unspecified atom stereocenters. The van der Waals surface area contributed by atoms with Gasteiger partial charge in [-0.3, -0.25) is 4.79 Å². The molecule has 0 N–H and O–H groups in total. The van der Waals surface area contributed by atoms with Gasteiger partial charge in [-0.05, 0) is 30.2 Å². The van der Waals surface area contributed by atoms with E-state index in [1.807, 2.05) is 30.3 Å². The Bertz CT molecular complexity index is 920. The zero-order valence-corrected chi connectivity index (χ0v) is 13.8. The molecule has 0 fully saturated rings. The lowest BCUT2D eigenvalue weighted by Crippen LogP contribution is -2.29. The van der Waals surface area contributed by atoms with Crippen LogP contribution in [0.3, 0.4) is 0 Å². The van der Waals surface area contributed by atoms with Crippen LogP contribution in [0.1, 0.15) is 27.6 Å². The van der Waals surface area contributed by atoms with Crippen molar-refractivity contribution in [2.45, 2.75) is 20.0 Å². The van der Waals surface area contributed by atoms with E-state index in [0.717, 1.165) is 12.1 Å². The van der Waals surface area contributed by atoms with Gasteiger partial charge in [-0.2, -0.15) is 4.98 Å². The second-order valence-electron chi connectivity index (χ2n) is 5.85. The number of rotatable bonds is 4. The number of anilines is 1. The summed E-state index contributed by atoms with van der Waals surface area (Å²) in [4.78, 5) is 19.0. The van der Waals surface area contributed by atoms with Gasteiger partial charge in [0.05, 0.1) is 5.56 Å². The van der Waals surface area contributed by atoms with E-state index >= 15 is 0 Å². The molecule has 0 aliphatic carbocycles. The number of nitrogens with zero attached hydrogens (tertiary/aromatic N) is 3. The second-order valence-corrected chi connectivity index (χ2v) is 5.85. The van der Waals surface area contributed by atoms with E-state index in [0.29, 0.717) is 29.6 Å². The molecule has 2 aromatic carbocycles. The third-order valence-electron chi connectivity index (χ3n) is 4.18. The zero-order chi connectivity index (χ0) is 17.2. The van der Waals surface area contributed by atoms with Crippen molar-refractivity contribution in [2.75, 3.05) is 11.4 Å². The maximum absolute atomic E-state index is 13.0. The fraction of sp³-hybridized carbons (Fsp3) is 0.211. The molecule has 2 heterocycles. The number of hydrogen-bond acceptors (Lipinski definition) is 5. The number of carbonyl (C=O) groups is 1. The Hall–Kier alpha value is -3.15. The van der Waals surface area contributed by atoms with E-state index in [-0.39, 0.29) is 12.5 Å². The van der Waals surface area contributed by atoms with Crippen LogP contribution in [0.4, 0.5) is 5.69 Å². The van der Waals surface area contributed by atoms with Crippen molar-refractivity contribution in [1.82, 2.24) is 10.1 Å². The van der Waals surface area contributed by atoms with Crippen molar-refractivity contribution < 1.29 is 14.1 Å². The fourth-order valence-electron chi connectivity index (χ4n) is 3.01. The van der Waals surface area contributed by atoms with Gasteiger partial charge in [0.25, 0.3) is 5.91 Å². The third-order valence-corrected chi connectivity index (χ3v) is 4.18. The van der Waals surface area contributed by atoms with Crippen LogP contribution in [0.15, 0.2) is 53.1 Å². The zero-order valence-electron chi connectivity index (χ0n) is 13.8. The molecule has 6 nitrogen and oxygen atoms in total. The van der Waals surface area contributed by atoms with Crippen LogP contribution in [-0.4, -0.2) is 22.6 Å². The van der Waals surface area contributed by atoms with Crippen molar-refractivity contribution >= 4 is 11.6 Å². The Morgan fingerprint density at radius 2 is 2.00 bits per heavy atom. The largest absolute Gasteiger partial charge is 0.485 e. The summed E-state index contributed by atoms with van der Waals surface area (Å²) in [7, 11) is 0. The Balaban J connectivity index is 1.57. The Morgan fingerprint density at radius 1 is 1.20 bits per heavy atom. The molecule has 1 aromatic heterocycles. The van der Waals surface area contributed by atoms with Gasteiger partial charge in [0.2, 0.25) is 11.7 Å². The maximum atomic E-state index is 13.0. The van der Waals surface area contributed by atoms with Crippen LogP contribution >= 0.6 is 0 Å². The molecular formula is C19H17N3O3. The molecule has 4 rings (SSSR count). The highest BCUT2D eigenvalue weighted by Crippen LogP contribution is 2.31. The molecule has 0 radical (unpaired) electrons. The number of benzene rings is 2. The smallest absolute Gasteiger partial charge is 0.262 e. The summed E-state index contributed by atoms with van der Waals surface area (Å²) < 4.78 is 10.7. The molecular weight excluding hydrogens is 318 g/mol. The summed E-state index contributed by atoms with van der Waals surface area (Å²) in [5, 5.41) is 3.81. The van der Waals surface area contributed by atoms with Gasteiger partial charge >= 0.3 is 0 Å². The molecule has 1 aliphatic heterocycles. The van der Waals surface area contributed by atoms with Crippen molar-refractivity contribution in [1.29, 1.82) is 0 Å². The molecule has 6 heteroatoms. The minimum absolute atomic E-state index is 0.0650. The van der Waals surface area contributed by atoms with Crippen molar-refractivity contribution in [3.8, 4) is 5.75 Å². The Kier molecular flexibility index (Phi) is 3.93. The van der Waals surface area contributed by atoms with E-state index in [1.54, 1.807) is 24.0 Å². The minimum atomic E-state index is -0.0650. The predicted molar refractivity (Wildman–Crippen MR) is 91.6 cm³/mol. The molecule has 1 aliphatic rings. The van der Waals surface area contributed by atoms with Crippen molar-refractivity contribution in [3.63, 3.8) is 0 Å². The number of fused-ring (bicyclic) bond motifs is 1. The molecule has 3 aromatic rings. The van der Waals surface area contributed by atoms with Crippen LogP contribution in [-0.2, 0) is 13.0 Å². The lowest BCUT2D eigenvalue weighted by Gasteiger charge is -2.19. The first-order valence-electron chi connectivity index (χ1n) is 8.13. The van der Waals surface area contributed by atoms with E-state index in [1.165, 1.54) is 5.56 Å². The number of aromatic nitrogens is 2. The lowest BCUT2D eigenvalue weighted by molar-refractivity contribution is 0.0984. The van der Waals surface area contributed by atoms with E-state index < -0.39 is 0 Å². The summed E-state index contributed by atoms with van der Waals surface area (Å²) in [6.07, 6.45) is 0.868. The molecule has 0 saturated carbocycles. The summed E-state index contributed by atoms with van der Waals surface area (Å²) in [5.74, 6) is 1.38. The Labute approximate surface area is 145 Å². The molecule has 1 amide bonds. The van der Waals surface area contributed by atoms with Gasteiger partial charge in [-0.15, -0.1) is 0 Å². The van der Waals surface area contributed by atoms with Gasteiger partial charge in [-0.25, -0.2) is 0 Å². The number of aryl methyl sites for hydroxylation is 1. The first kappa shape index (κ1) is 15.4. The highest BCUT2D eigenvalue weighted by Gasteiger charge is 2.27. The van der Waals surface area contributed by atoms with Crippen LogP contribution < -0.4 is 9.64 Å². The molecule has 0 spiro atoms. The first-order valence-corrected chi connectivity index (χ1v) is 8.13. The quantitative estimate of drug-likeness (QED) is 0.732. The van der Waals surface area contributed by atoms with Gasteiger partial charge in [0.15, 0.2) is 6.61 Å². The minimum Gasteiger partial charge on any atom is -0.485 e. The third kappa shape index (κ3) is 2.98. The van der Waals surface area contributed by atoms with Gasteiger partial charge in [-0.1, -0.05) is 35.5 Å². The van der Waals surface area contributed by atoms with Crippen LogP contribution in [0.2, 0.25) is 0 Å². The van der Waals surface area contributed by atoms with Crippen LogP contribution in [0, 0.1) is 6.92 Å². The topological polar surface area (TPSA) is 68.5 Å². The van der Waals surface area contributed by atoms with E-state index in [2.05, 4.69) is 16.2 Å². The highest BCUT2D eigenvalue weighted by atomic mass is 16.5. The standard InChI is InChI=1S/C19H17N3O3/c1-13-20-18(21-25-13)12-24-17-9-5-3-7-15(17)19(23)22-11-10-14-6-2-4-8-16(14)22/h2-9H,10-12H2,1H3. The van der Waals surface area contributed by atoms with E-state index in [9.17, 15) is 4.79 Å². The fourth-order valence-corrected chi connectivity index (χ4v) is 3.01. The maximum Gasteiger partial charge on any atom is 0.262 e. The number of carbonyl (C=O) groups excluding carboxylic acids is 1. The average Bonchev–Trinajstić information content (AvgIpc) is 3.26. The SMILES string of the molecule is Cc1nc(COc2ccccc2C(=O)N2CCc3ccccc32)no1. The van der Waals surface area contributed by atoms with Crippen LogP contribution in [0.5, 0.6) is 5.75 Å². The second kappa shape index (κ2) is 6.39. The van der Waals surface area contributed by atoms with Crippen LogP contribution in [0.25, 0.3) is 0 Å². The molecule has 0 bridgehead atoms. The Morgan fingerprint density at radius 3 is 2.84 bits per heavy atom. The number of hydrogen-bond donors (Lipinski definition) is 0. The number of ether oxygens (including phenoxy) is 1. The van der Waals surface area contributed by atoms with E-state index in [4.69, 9.17) is 9.26 Å². The van der Waals surface area contributed by atoms with Crippen molar-refractivity contribution in [3.05, 3.63) is 71.4 Å². The van der Waals surface area contributed by atoms with Gasteiger partial charge < -0.3 is 14.2 Å². The van der Waals surface area contributed by atoms with Gasteiger partial charge in [0.1, 0.15) is 5.75 Å². The predicted octanol–water partition coefficient (Wildman–Crippen LogP) is 3.16. The normalized spacial score (nSPS) is 12.9. The molecule has 126 valence electrons. The summed E-state index contributed by atoms with van der Waals surface area (Å²) in [6, 6.07) is 15.2. The average molecular weight is 335 g/mol. The monoisotopic (exact) mass is 335 g/mol. The highest BCUT2D eigenvalue weighted by molar-refractivity contribution is 6.08. The number of amides is 1. The van der Waals surface area contributed by atoms with Gasteiger partial charge in [0, 0.05) is 19.2 Å². The summed E-state index contributed by atoms with van der Waals surface area (Å²) in [5.41, 5.74) is 2.69. The first-order chi connectivity index (χ1) is 12.2. The lowest BCUT2D eigenvalue weighted by atomic mass is 10.1. The molecule has 0 atom stereocenters. The number of para-hydroxylation sites is 2. The summed E-state index contributed by atoms with van der Waals surface area (Å²) >= 11 is 0. The summed E-state index contributed by atoms with van der Waals surface area (Å²) in [6.45, 7) is 2.55. The molecule has 25 heavy (non-hydrogen) atoms.